The van der Waals surface area contributed by atoms with Crippen molar-refractivity contribution in [3.8, 4) is 0 Å². The van der Waals surface area contributed by atoms with Crippen LogP contribution in [0.4, 0.5) is 0 Å². The van der Waals surface area contributed by atoms with Crippen LogP contribution in [0.2, 0.25) is 0 Å². The van der Waals surface area contributed by atoms with Crippen LogP contribution in [0, 0.1) is 5.92 Å². The Morgan fingerprint density at radius 2 is 2.38 bits per heavy atom. The van der Waals surface area contributed by atoms with Gasteiger partial charge < -0.3 is 10.4 Å². The number of aliphatic hydroxyl groups is 1. The Hall–Kier alpha value is -1.29. The third-order valence-corrected chi connectivity index (χ3v) is 2.37. The molecule has 13 heavy (non-hydrogen) atoms. The van der Waals surface area contributed by atoms with Gasteiger partial charge in [-0.1, -0.05) is 0 Å². The van der Waals surface area contributed by atoms with E-state index in [-0.39, 0.29) is 17.1 Å². The monoisotopic (exact) mass is 198 g/mol. The lowest BCUT2D eigenvalue weighted by Gasteiger charge is -2.25. The molecule has 2 N–H and O–H groups in total. The van der Waals surface area contributed by atoms with Crippen LogP contribution in [0.25, 0.3) is 0 Å². The third-order valence-electron chi connectivity index (χ3n) is 1.95. The topological polar surface area (TPSA) is 61.7 Å². The summed E-state index contributed by atoms with van der Waals surface area (Å²) in [5, 5.41) is 11.3. The van der Waals surface area contributed by atoms with Crippen molar-refractivity contribution >= 4 is 23.3 Å². The van der Waals surface area contributed by atoms with Gasteiger partial charge in [0, 0.05) is 6.20 Å². The van der Waals surface area contributed by atoms with E-state index >= 15 is 0 Å². The Labute approximate surface area is 79.6 Å². The quantitative estimate of drug-likeness (QED) is 0.563. The fourth-order valence-electron chi connectivity index (χ4n) is 1.27. The second-order valence-electron chi connectivity index (χ2n) is 2.83. The summed E-state index contributed by atoms with van der Waals surface area (Å²) in [4.78, 5) is 14.9. The van der Waals surface area contributed by atoms with Gasteiger partial charge in [0.2, 0.25) is 0 Å². The predicted octanol–water partition coefficient (Wildman–Crippen LogP) is 0.707. The number of alkyl halides is 1. The molecule has 5 heteroatoms. The summed E-state index contributed by atoms with van der Waals surface area (Å²) in [5.41, 5.74) is 0. The summed E-state index contributed by atoms with van der Waals surface area (Å²) < 4.78 is 0. The predicted molar refractivity (Wildman–Crippen MR) is 48.6 cm³/mol. The molecule has 0 radical (unpaired) electrons. The van der Waals surface area contributed by atoms with E-state index in [1.165, 1.54) is 6.08 Å². The Kier molecular flexibility index (Phi) is 1.84. The van der Waals surface area contributed by atoms with E-state index in [1.807, 2.05) is 0 Å². The smallest absolute Gasteiger partial charge is 0.291 e. The first kappa shape index (κ1) is 8.31. The Bertz CT molecular complexity index is 346. The summed E-state index contributed by atoms with van der Waals surface area (Å²) in [5.74, 6) is -0.575. The van der Waals surface area contributed by atoms with Crippen LogP contribution in [-0.2, 0) is 4.79 Å². The minimum absolute atomic E-state index is 0.232. The van der Waals surface area contributed by atoms with Gasteiger partial charge in [-0.05, 0) is 12.2 Å². The molecule has 2 unspecified atom stereocenters. The Balaban J connectivity index is 2.38. The number of nitrogens with one attached hydrogen (secondary N) is 1. The number of hydrogen-bond donors (Lipinski definition) is 2. The number of hydrogen-bond acceptors (Lipinski definition) is 3. The van der Waals surface area contributed by atoms with Crippen molar-refractivity contribution in [2.75, 3.05) is 0 Å². The number of fused-ring (bicyclic) bond motifs is 1. The first-order valence-electron chi connectivity index (χ1n) is 3.79. The molecule has 0 fully saturated rings. The van der Waals surface area contributed by atoms with Crippen LogP contribution in [-0.4, -0.2) is 22.2 Å². The maximum Gasteiger partial charge on any atom is 0.291 e. The van der Waals surface area contributed by atoms with Crippen LogP contribution in [0.3, 0.4) is 0 Å². The lowest BCUT2D eigenvalue weighted by molar-refractivity contribution is -0.118. The Morgan fingerprint density at radius 1 is 1.62 bits per heavy atom. The van der Waals surface area contributed by atoms with Gasteiger partial charge in [-0.15, -0.1) is 11.6 Å². The molecule has 2 atom stereocenters. The number of aliphatic imine (C=N–C) groups is 1. The highest BCUT2D eigenvalue weighted by Crippen LogP contribution is 2.22. The van der Waals surface area contributed by atoms with Crippen molar-refractivity contribution in [3.05, 3.63) is 24.1 Å². The number of nitrogens with zero attached hydrogens (tertiary/aromatic N) is 1. The van der Waals surface area contributed by atoms with Gasteiger partial charge >= 0.3 is 0 Å². The van der Waals surface area contributed by atoms with Crippen molar-refractivity contribution in [2.24, 2.45) is 10.9 Å². The SMILES string of the molecule is O=C1NC2=NC=CC(Cl)C2C=C1O. The maximum absolute atomic E-state index is 11.0. The first-order valence-corrected chi connectivity index (χ1v) is 4.22. The summed E-state index contributed by atoms with van der Waals surface area (Å²) >= 11 is 5.93. The fourth-order valence-corrected chi connectivity index (χ4v) is 1.53. The molecule has 0 aliphatic carbocycles. The van der Waals surface area contributed by atoms with E-state index in [1.54, 1.807) is 12.3 Å². The van der Waals surface area contributed by atoms with E-state index in [4.69, 9.17) is 16.7 Å². The van der Waals surface area contributed by atoms with E-state index in [2.05, 4.69) is 10.3 Å². The molecule has 2 heterocycles. The first-order chi connectivity index (χ1) is 6.18. The molecule has 2 rings (SSSR count). The standard InChI is InChI=1S/C8H7ClN2O2/c9-5-1-2-10-7-4(5)3-6(12)8(13)11-7/h1-5,12H,(H,10,11,13). The van der Waals surface area contributed by atoms with Gasteiger partial charge in [0.05, 0.1) is 11.3 Å². The van der Waals surface area contributed by atoms with Crippen molar-refractivity contribution < 1.29 is 9.90 Å². The van der Waals surface area contributed by atoms with Gasteiger partial charge in [0.15, 0.2) is 5.76 Å². The molecule has 0 spiro atoms. The van der Waals surface area contributed by atoms with Crippen molar-refractivity contribution in [2.45, 2.75) is 5.38 Å². The number of allylic oxidation sites excluding steroid dienone is 1. The number of amides is 1. The third kappa shape index (κ3) is 1.33. The lowest BCUT2D eigenvalue weighted by atomic mass is 9.98. The highest BCUT2D eigenvalue weighted by molar-refractivity contribution is 6.25. The van der Waals surface area contributed by atoms with E-state index < -0.39 is 5.91 Å². The van der Waals surface area contributed by atoms with E-state index in [9.17, 15) is 4.79 Å². The minimum atomic E-state index is -0.533. The molecule has 2 aliphatic rings. The molecule has 0 saturated carbocycles. The van der Waals surface area contributed by atoms with Crippen LogP contribution in [0.15, 0.2) is 29.1 Å². The van der Waals surface area contributed by atoms with Crippen molar-refractivity contribution in [3.63, 3.8) is 0 Å². The molecule has 2 aliphatic heterocycles. The van der Waals surface area contributed by atoms with Gasteiger partial charge in [-0.2, -0.15) is 0 Å². The molecule has 0 aromatic rings. The average Bonchev–Trinajstić information content (AvgIpc) is 2.09. The highest BCUT2D eigenvalue weighted by Gasteiger charge is 2.30. The molecule has 4 nitrogen and oxygen atoms in total. The molecular weight excluding hydrogens is 192 g/mol. The number of rotatable bonds is 0. The number of amidine groups is 1. The van der Waals surface area contributed by atoms with Gasteiger partial charge in [-0.25, -0.2) is 4.99 Å². The number of halogens is 1. The van der Waals surface area contributed by atoms with Crippen molar-refractivity contribution in [1.29, 1.82) is 0 Å². The summed E-state index contributed by atoms with van der Waals surface area (Å²) in [7, 11) is 0. The fraction of sp³-hybridized carbons (Fsp3) is 0.250. The van der Waals surface area contributed by atoms with Crippen LogP contribution in [0.5, 0.6) is 0 Å². The lowest BCUT2D eigenvalue weighted by Crippen LogP contribution is -2.44. The largest absolute Gasteiger partial charge is 0.503 e. The highest BCUT2D eigenvalue weighted by atomic mass is 35.5. The minimum Gasteiger partial charge on any atom is -0.503 e. The molecule has 68 valence electrons. The number of carbonyl (C=O) groups excluding carboxylic acids is 1. The molecule has 0 aromatic heterocycles. The molecule has 0 bridgehead atoms. The summed E-state index contributed by atoms with van der Waals surface area (Å²) in [6.45, 7) is 0. The van der Waals surface area contributed by atoms with E-state index in [0.29, 0.717) is 5.84 Å². The zero-order valence-electron chi connectivity index (χ0n) is 6.57. The number of aliphatic hydroxyl groups excluding tert-OH is 1. The van der Waals surface area contributed by atoms with Crippen LogP contribution < -0.4 is 5.32 Å². The van der Waals surface area contributed by atoms with E-state index in [0.717, 1.165) is 0 Å². The molecule has 0 saturated heterocycles. The zero-order valence-corrected chi connectivity index (χ0v) is 7.32. The number of carbonyl (C=O) groups is 1. The summed E-state index contributed by atoms with van der Waals surface area (Å²) in [6, 6.07) is 0. The summed E-state index contributed by atoms with van der Waals surface area (Å²) in [6.07, 6.45) is 4.66. The van der Waals surface area contributed by atoms with Crippen LogP contribution in [0.1, 0.15) is 0 Å². The molecular formula is C8H7ClN2O2. The van der Waals surface area contributed by atoms with Crippen molar-refractivity contribution in [1.82, 2.24) is 5.32 Å². The average molecular weight is 199 g/mol. The van der Waals surface area contributed by atoms with Crippen LogP contribution >= 0.6 is 11.6 Å². The molecule has 0 aromatic carbocycles. The second kappa shape index (κ2) is 2.88. The Morgan fingerprint density at radius 3 is 3.15 bits per heavy atom. The normalized spacial score (nSPS) is 31.6. The van der Waals surface area contributed by atoms with Gasteiger partial charge in [0.1, 0.15) is 5.84 Å². The molecule has 1 amide bonds. The maximum atomic E-state index is 11.0. The van der Waals surface area contributed by atoms with Gasteiger partial charge in [0.25, 0.3) is 5.91 Å². The van der Waals surface area contributed by atoms with Gasteiger partial charge in [-0.3, -0.25) is 4.79 Å². The zero-order chi connectivity index (χ0) is 9.42. The second-order valence-corrected chi connectivity index (χ2v) is 3.34.